The molecule has 4 aromatic rings. The molecule has 0 atom stereocenters. The average Bonchev–Trinajstić information content (AvgIpc) is 3.13. The fourth-order valence-corrected chi connectivity index (χ4v) is 4.75. The first-order chi connectivity index (χ1) is 16.8. The van der Waals surface area contributed by atoms with Gasteiger partial charge in [-0.15, -0.1) is 5.10 Å². The van der Waals surface area contributed by atoms with Gasteiger partial charge in [-0.3, -0.25) is 0 Å². The maximum absolute atomic E-state index is 13.1. The second kappa shape index (κ2) is 9.08. The number of benzene rings is 1. The van der Waals surface area contributed by atoms with Crippen LogP contribution in [0.2, 0.25) is 0 Å². The Kier molecular flexibility index (Phi) is 6.41. The number of fused-ring (bicyclic) bond motifs is 1. The van der Waals surface area contributed by atoms with Gasteiger partial charge in [0, 0.05) is 18.0 Å². The summed E-state index contributed by atoms with van der Waals surface area (Å²) in [5, 5.41) is 4.03. The fourth-order valence-electron chi connectivity index (χ4n) is 3.71. The zero-order valence-corrected chi connectivity index (χ0v) is 20.7. The van der Waals surface area contributed by atoms with E-state index in [9.17, 15) is 26.4 Å². The maximum Gasteiger partial charge on any atom is 0.417 e. The van der Waals surface area contributed by atoms with Crippen LogP contribution in [0.5, 0.6) is 5.75 Å². The highest BCUT2D eigenvalue weighted by atomic mass is 32.2. The maximum atomic E-state index is 13.1. The largest absolute Gasteiger partial charge is 0.491 e. The van der Waals surface area contributed by atoms with E-state index in [1.165, 1.54) is 19.2 Å². The van der Waals surface area contributed by atoms with Crippen LogP contribution in [-0.2, 0) is 16.0 Å². The summed E-state index contributed by atoms with van der Waals surface area (Å²) >= 11 is 0. The Labute approximate surface area is 204 Å². The van der Waals surface area contributed by atoms with Gasteiger partial charge in [0.1, 0.15) is 10.6 Å². The highest BCUT2D eigenvalue weighted by Gasteiger charge is 2.31. The number of pyridine rings is 2. The molecule has 0 saturated heterocycles. The van der Waals surface area contributed by atoms with Gasteiger partial charge in [0.05, 0.1) is 17.4 Å². The molecule has 0 aliphatic heterocycles. The Hall–Kier alpha value is -3.67. The highest BCUT2D eigenvalue weighted by molar-refractivity contribution is 7.91. The molecule has 8 nitrogen and oxygen atoms in total. The molecule has 0 radical (unpaired) electrons. The van der Waals surface area contributed by atoms with E-state index in [4.69, 9.17) is 4.74 Å². The van der Waals surface area contributed by atoms with Crippen molar-refractivity contribution in [3.05, 3.63) is 70.4 Å². The minimum Gasteiger partial charge on any atom is -0.491 e. The number of aryl methyl sites for hydroxylation is 1. The number of ether oxygens (including phenoxy) is 1. The summed E-state index contributed by atoms with van der Waals surface area (Å²) in [6.07, 6.45) is -2.67. The molecule has 12 heteroatoms. The molecule has 190 valence electrons. The van der Waals surface area contributed by atoms with Crippen LogP contribution in [-0.4, -0.2) is 39.4 Å². The summed E-state index contributed by atoms with van der Waals surface area (Å²) in [6, 6.07) is 8.58. The quantitative estimate of drug-likeness (QED) is 0.373. The lowest BCUT2D eigenvalue weighted by Gasteiger charge is -2.14. The van der Waals surface area contributed by atoms with Crippen molar-refractivity contribution in [1.82, 2.24) is 19.2 Å². The van der Waals surface area contributed by atoms with Gasteiger partial charge in [0.25, 0.3) is 0 Å². The van der Waals surface area contributed by atoms with Crippen molar-refractivity contribution in [2.75, 3.05) is 5.75 Å². The molecule has 0 aliphatic rings. The van der Waals surface area contributed by atoms with Crippen LogP contribution < -0.4 is 10.4 Å². The van der Waals surface area contributed by atoms with Gasteiger partial charge < -0.3 is 4.74 Å². The Morgan fingerprint density at radius 3 is 2.44 bits per heavy atom. The first-order valence-corrected chi connectivity index (χ1v) is 12.7. The van der Waals surface area contributed by atoms with Crippen molar-refractivity contribution in [3.63, 3.8) is 0 Å². The summed E-state index contributed by atoms with van der Waals surface area (Å²) in [7, 11) is -3.91. The molecule has 0 bridgehead atoms. The van der Waals surface area contributed by atoms with E-state index < -0.39 is 27.3 Å². The van der Waals surface area contributed by atoms with Crippen LogP contribution in [0.3, 0.4) is 0 Å². The van der Waals surface area contributed by atoms with E-state index in [0.717, 1.165) is 17.7 Å². The molecule has 0 aliphatic carbocycles. The monoisotopic (exact) mass is 520 g/mol. The molecule has 0 saturated carbocycles. The molecule has 0 fully saturated rings. The normalized spacial score (nSPS) is 12.4. The number of sulfone groups is 1. The van der Waals surface area contributed by atoms with Crippen LogP contribution in [0.25, 0.3) is 22.6 Å². The topological polar surface area (TPSA) is 95.6 Å². The van der Waals surface area contributed by atoms with Crippen molar-refractivity contribution in [1.29, 1.82) is 0 Å². The molecular weight excluding hydrogens is 497 g/mol. The van der Waals surface area contributed by atoms with Crippen molar-refractivity contribution >= 4 is 15.5 Å². The second-order valence-electron chi connectivity index (χ2n) is 8.43. The van der Waals surface area contributed by atoms with Crippen LogP contribution in [0.15, 0.2) is 58.5 Å². The predicted molar refractivity (Wildman–Crippen MR) is 127 cm³/mol. The lowest BCUT2D eigenvalue weighted by Crippen LogP contribution is -2.23. The van der Waals surface area contributed by atoms with E-state index in [2.05, 4.69) is 10.1 Å². The van der Waals surface area contributed by atoms with Gasteiger partial charge >= 0.3 is 11.9 Å². The first-order valence-electron chi connectivity index (χ1n) is 11.0. The Balaban J connectivity index is 1.89. The highest BCUT2D eigenvalue weighted by Crippen LogP contribution is 2.31. The Morgan fingerprint density at radius 1 is 1.11 bits per heavy atom. The van der Waals surface area contributed by atoms with Crippen molar-refractivity contribution in [3.8, 4) is 22.7 Å². The number of hydrogen-bond donors (Lipinski definition) is 0. The number of rotatable bonds is 6. The molecule has 0 unspecified atom stereocenters. The van der Waals surface area contributed by atoms with Crippen LogP contribution in [0.1, 0.15) is 31.9 Å². The third-order valence-electron chi connectivity index (χ3n) is 5.47. The molecule has 0 N–H and O–H groups in total. The molecule has 0 spiro atoms. The standard InChI is InChI=1S/C24H23F3N4O4S/c1-5-36(33,34)20-11-16(19-8-7-18(10-15(19)4)35-14(2)3)12-28-22(20)31-23(32)30-13-17(24(25,26)27)6-9-21(30)29-31/h6-14H,5H2,1-4H3. The zero-order valence-electron chi connectivity index (χ0n) is 19.9. The number of halogens is 3. The smallest absolute Gasteiger partial charge is 0.417 e. The molecule has 3 heterocycles. The van der Waals surface area contributed by atoms with Crippen molar-refractivity contribution < 1.29 is 26.3 Å². The van der Waals surface area contributed by atoms with Gasteiger partial charge in [-0.25, -0.2) is 22.6 Å². The third-order valence-corrected chi connectivity index (χ3v) is 7.20. The molecule has 4 rings (SSSR count). The third kappa shape index (κ3) is 4.72. The fraction of sp³-hybridized carbons (Fsp3) is 0.292. The van der Waals surface area contributed by atoms with Gasteiger partial charge in [-0.2, -0.15) is 17.9 Å². The van der Waals surface area contributed by atoms with Crippen molar-refractivity contribution in [2.45, 2.75) is 44.9 Å². The van der Waals surface area contributed by atoms with Gasteiger partial charge in [-0.1, -0.05) is 13.0 Å². The summed E-state index contributed by atoms with van der Waals surface area (Å²) < 4.78 is 72.5. The number of nitrogens with zero attached hydrogens (tertiary/aromatic N) is 4. The Morgan fingerprint density at radius 2 is 1.83 bits per heavy atom. The minimum absolute atomic E-state index is 0.0200. The van der Waals surface area contributed by atoms with Crippen LogP contribution >= 0.6 is 0 Å². The van der Waals surface area contributed by atoms with E-state index in [0.29, 0.717) is 32.2 Å². The van der Waals surface area contributed by atoms with Crippen LogP contribution in [0.4, 0.5) is 13.2 Å². The van der Waals surface area contributed by atoms with E-state index in [-0.39, 0.29) is 28.2 Å². The van der Waals surface area contributed by atoms with E-state index >= 15 is 0 Å². The summed E-state index contributed by atoms with van der Waals surface area (Å²) in [4.78, 5) is 16.9. The van der Waals surface area contributed by atoms with E-state index in [1.54, 1.807) is 12.1 Å². The summed E-state index contributed by atoms with van der Waals surface area (Å²) in [6.45, 7) is 7.09. The molecule has 3 aromatic heterocycles. The van der Waals surface area contributed by atoms with Gasteiger partial charge in [0.15, 0.2) is 21.3 Å². The zero-order chi connectivity index (χ0) is 26.4. The molecular formula is C24H23F3N4O4S. The lowest BCUT2D eigenvalue weighted by molar-refractivity contribution is -0.137. The van der Waals surface area contributed by atoms with E-state index in [1.807, 2.05) is 26.8 Å². The second-order valence-corrected chi connectivity index (χ2v) is 10.7. The molecule has 1 aromatic carbocycles. The van der Waals surface area contributed by atoms with Gasteiger partial charge in [0.2, 0.25) is 0 Å². The summed E-state index contributed by atoms with van der Waals surface area (Å²) in [5.74, 6) is 0.0815. The number of hydrogen-bond acceptors (Lipinski definition) is 6. The molecule has 0 amide bonds. The number of aromatic nitrogens is 4. The predicted octanol–water partition coefficient (Wildman–Crippen LogP) is 4.46. The summed E-state index contributed by atoms with van der Waals surface area (Å²) in [5.41, 5.74) is -0.107. The molecule has 36 heavy (non-hydrogen) atoms. The average molecular weight is 521 g/mol. The minimum atomic E-state index is -4.67. The lowest BCUT2D eigenvalue weighted by atomic mass is 10.0. The Bertz CT molecular complexity index is 1620. The van der Waals surface area contributed by atoms with Crippen LogP contribution in [0, 0.1) is 6.92 Å². The van der Waals surface area contributed by atoms with Gasteiger partial charge in [-0.05, 0) is 62.2 Å². The van der Waals surface area contributed by atoms with Crippen molar-refractivity contribution in [2.24, 2.45) is 0 Å². The number of alkyl halides is 3. The SMILES string of the molecule is CCS(=O)(=O)c1cc(-c2ccc(OC(C)C)cc2C)cnc1-n1nc2ccc(C(F)(F)F)cn2c1=O. The first kappa shape index (κ1) is 25.4.